The van der Waals surface area contributed by atoms with E-state index < -0.39 is 0 Å². The summed E-state index contributed by atoms with van der Waals surface area (Å²) in [6.45, 7) is 6.64. The second-order valence-electron chi connectivity index (χ2n) is 5.80. The van der Waals surface area contributed by atoms with Gasteiger partial charge in [-0.25, -0.2) is 0 Å². The van der Waals surface area contributed by atoms with Crippen LogP contribution in [0, 0.1) is 0 Å². The molecule has 3 aromatic heterocycles. The Balaban J connectivity index is 2.17. The minimum Gasteiger partial charge on any atom is -0.359 e. The summed E-state index contributed by atoms with van der Waals surface area (Å²) in [5.74, 6) is 0. The lowest BCUT2D eigenvalue weighted by molar-refractivity contribution is 0.589. The maximum absolute atomic E-state index is 4.51. The molecule has 0 fully saturated rings. The van der Waals surface area contributed by atoms with Crippen molar-refractivity contribution in [3.05, 3.63) is 48.5 Å². The van der Waals surface area contributed by atoms with E-state index in [0.29, 0.717) is 0 Å². The van der Waals surface area contributed by atoms with Crippen LogP contribution in [-0.4, -0.2) is 15.0 Å². The molecule has 3 nitrogen and oxygen atoms in total. The predicted molar refractivity (Wildman–Crippen MR) is 78.0 cm³/mol. The smallest absolute Gasteiger partial charge is 0.0726 e. The van der Waals surface area contributed by atoms with E-state index >= 15 is 0 Å². The summed E-state index contributed by atoms with van der Waals surface area (Å²) in [5, 5.41) is 1.16. The van der Waals surface area contributed by atoms with Gasteiger partial charge in [0.25, 0.3) is 0 Å². The van der Waals surface area contributed by atoms with Crippen molar-refractivity contribution >= 4 is 10.9 Å². The molecule has 1 N–H and O–H groups in total. The lowest BCUT2D eigenvalue weighted by Crippen LogP contribution is -2.11. The van der Waals surface area contributed by atoms with Gasteiger partial charge >= 0.3 is 0 Å². The molecule has 0 aliphatic rings. The molecule has 0 aromatic carbocycles. The van der Waals surface area contributed by atoms with Crippen LogP contribution in [0.15, 0.2) is 43.0 Å². The van der Waals surface area contributed by atoms with Crippen LogP contribution in [-0.2, 0) is 5.41 Å². The number of aromatic nitrogens is 3. The minimum atomic E-state index is 0.130. The van der Waals surface area contributed by atoms with Gasteiger partial charge in [-0.05, 0) is 29.2 Å². The van der Waals surface area contributed by atoms with E-state index in [1.807, 2.05) is 30.9 Å². The van der Waals surface area contributed by atoms with Gasteiger partial charge in [-0.2, -0.15) is 0 Å². The number of hydrogen-bond donors (Lipinski definition) is 1. The topological polar surface area (TPSA) is 41.6 Å². The number of nitrogens with one attached hydrogen (secondary N) is 1. The van der Waals surface area contributed by atoms with Gasteiger partial charge in [0.05, 0.1) is 17.4 Å². The molecule has 0 amide bonds. The fraction of sp³-hybridized carbons (Fsp3) is 0.250. The molecular formula is C16H17N3. The van der Waals surface area contributed by atoms with Gasteiger partial charge < -0.3 is 4.98 Å². The first-order chi connectivity index (χ1) is 9.05. The van der Waals surface area contributed by atoms with Gasteiger partial charge in [-0.3, -0.25) is 9.97 Å². The molecule has 3 heteroatoms. The maximum Gasteiger partial charge on any atom is 0.0726 e. The van der Waals surface area contributed by atoms with Crippen molar-refractivity contribution in [1.82, 2.24) is 15.0 Å². The molecule has 0 spiro atoms. The van der Waals surface area contributed by atoms with Crippen molar-refractivity contribution < 1.29 is 0 Å². The van der Waals surface area contributed by atoms with Gasteiger partial charge in [-0.1, -0.05) is 20.8 Å². The molecule has 96 valence electrons. The number of fused-ring (bicyclic) bond motifs is 1. The highest BCUT2D eigenvalue weighted by Crippen LogP contribution is 2.29. The molecular weight excluding hydrogens is 234 g/mol. The average molecular weight is 251 g/mol. The van der Waals surface area contributed by atoms with E-state index in [0.717, 1.165) is 22.2 Å². The molecule has 3 rings (SSSR count). The molecule has 0 radical (unpaired) electrons. The highest BCUT2D eigenvalue weighted by molar-refractivity contribution is 5.94. The van der Waals surface area contributed by atoms with Crippen LogP contribution in [0.3, 0.4) is 0 Å². The van der Waals surface area contributed by atoms with Crippen LogP contribution < -0.4 is 0 Å². The molecule has 0 saturated heterocycles. The summed E-state index contributed by atoms with van der Waals surface area (Å²) >= 11 is 0. The van der Waals surface area contributed by atoms with Crippen molar-refractivity contribution in [3.8, 4) is 11.3 Å². The van der Waals surface area contributed by atoms with E-state index in [9.17, 15) is 0 Å². The minimum absolute atomic E-state index is 0.130. The summed E-state index contributed by atoms with van der Waals surface area (Å²) in [6, 6.07) is 6.27. The third-order valence-electron chi connectivity index (χ3n) is 3.39. The number of H-pyrrole nitrogens is 1. The zero-order chi connectivity index (χ0) is 13.5. The molecule has 0 atom stereocenters. The van der Waals surface area contributed by atoms with E-state index in [4.69, 9.17) is 0 Å². The molecule has 0 saturated carbocycles. The summed E-state index contributed by atoms with van der Waals surface area (Å²) in [7, 11) is 0. The lowest BCUT2D eigenvalue weighted by atomic mass is 9.87. The Labute approximate surface area is 112 Å². The molecule has 0 unspecified atom stereocenters. The molecule has 0 bridgehead atoms. The Morgan fingerprint density at radius 2 is 1.95 bits per heavy atom. The first-order valence-electron chi connectivity index (χ1n) is 6.44. The Morgan fingerprint density at radius 1 is 1.11 bits per heavy atom. The number of aromatic amines is 1. The Kier molecular flexibility index (Phi) is 2.63. The highest BCUT2D eigenvalue weighted by atomic mass is 14.7. The predicted octanol–water partition coefficient (Wildman–Crippen LogP) is 3.92. The van der Waals surface area contributed by atoms with Crippen LogP contribution in [0.1, 0.15) is 26.3 Å². The summed E-state index contributed by atoms with van der Waals surface area (Å²) in [6.07, 6.45) is 7.54. The van der Waals surface area contributed by atoms with Crippen LogP contribution in [0.2, 0.25) is 0 Å². The first kappa shape index (κ1) is 11.9. The Hall–Kier alpha value is -2.16. The standard InChI is InChI=1S/C16H17N3/c1-16(2,3)11-4-7-18-14(8-11)13-9-19-15-10-17-6-5-12(13)15/h4-10,19H,1-3H3. The number of nitrogens with zero attached hydrogens (tertiary/aromatic N) is 2. The van der Waals surface area contributed by atoms with Crippen LogP contribution in [0.4, 0.5) is 0 Å². The van der Waals surface area contributed by atoms with E-state index in [2.05, 4.69) is 47.9 Å². The number of rotatable bonds is 1. The van der Waals surface area contributed by atoms with Gasteiger partial charge in [0.15, 0.2) is 0 Å². The normalized spacial score (nSPS) is 11.9. The zero-order valence-corrected chi connectivity index (χ0v) is 11.4. The monoisotopic (exact) mass is 251 g/mol. The van der Waals surface area contributed by atoms with E-state index in [1.165, 1.54) is 5.56 Å². The Morgan fingerprint density at radius 3 is 2.74 bits per heavy atom. The highest BCUT2D eigenvalue weighted by Gasteiger charge is 2.15. The molecule has 0 aliphatic carbocycles. The third kappa shape index (κ3) is 2.12. The van der Waals surface area contributed by atoms with Gasteiger partial charge in [-0.15, -0.1) is 0 Å². The number of pyridine rings is 2. The van der Waals surface area contributed by atoms with Crippen molar-refractivity contribution in [3.63, 3.8) is 0 Å². The van der Waals surface area contributed by atoms with Crippen molar-refractivity contribution in [2.45, 2.75) is 26.2 Å². The summed E-state index contributed by atoms with van der Waals surface area (Å²) < 4.78 is 0. The number of hydrogen-bond acceptors (Lipinski definition) is 2. The summed E-state index contributed by atoms with van der Waals surface area (Å²) in [4.78, 5) is 11.9. The third-order valence-corrected chi connectivity index (χ3v) is 3.39. The van der Waals surface area contributed by atoms with Crippen molar-refractivity contribution in [1.29, 1.82) is 0 Å². The SMILES string of the molecule is CC(C)(C)c1ccnc(-c2c[nH]c3cnccc23)c1. The maximum atomic E-state index is 4.51. The fourth-order valence-corrected chi connectivity index (χ4v) is 2.23. The largest absolute Gasteiger partial charge is 0.359 e. The average Bonchev–Trinajstić information content (AvgIpc) is 2.82. The van der Waals surface area contributed by atoms with Gasteiger partial charge in [0.1, 0.15) is 0 Å². The summed E-state index contributed by atoms with van der Waals surface area (Å²) in [5.41, 5.74) is 4.60. The van der Waals surface area contributed by atoms with Crippen molar-refractivity contribution in [2.24, 2.45) is 0 Å². The van der Waals surface area contributed by atoms with Gasteiger partial charge in [0.2, 0.25) is 0 Å². The van der Waals surface area contributed by atoms with Gasteiger partial charge in [0, 0.05) is 29.5 Å². The lowest BCUT2D eigenvalue weighted by Gasteiger charge is -2.19. The molecule has 3 heterocycles. The fourth-order valence-electron chi connectivity index (χ4n) is 2.23. The second kappa shape index (κ2) is 4.19. The quantitative estimate of drug-likeness (QED) is 0.712. The molecule has 0 aliphatic heterocycles. The van der Waals surface area contributed by atoms with E-state index in [-0.39, 0.29) is 5.41 Å². The van der Waals surface area contributed by atoms with Crippen LogP contribution in [0.5, 0.6) is 0 Å². The Bertz CT molecular complexity index is 720. The van der Waals surface area contributed by atoms with E-state index in [1.54, 1.807) is 0 Å². The second-order valence-corrected chi connectivity index (χ2v) is 5.80. The van der Waals surface area contributed by atoms with Crippen LogP contribution >= 0.6 is 0 Å². The first-order valence-corrected chi connectivity index (χ1v) is 6.44. The van der Waals surface area contributed by atoms with Crippen molar-refractivity contribution in [2.75, 3.05) is 0 Å². The molecule has 19 heavy (non-hydrogen) atoms. The zero-order valence-electron chi connectivity index (χ0n) is 11.4. The van der Waals surface area contributed by atoms with Crippen LogP contribution in [0.25, 0.3) is 22.2 Å². The molecule has 3 aromatic rings.